The monoisotopic (exact) mass is 439 g/mol. The summed E-state index contributed by atoms with van der Waals surface area (Å²) in [5.74, 6) is 0.414. The van der Waals surface area contributed by atoms with Crippen molar-refractivity contribution in [3.8, 4) is 17.0 Å². The number of unbranched alkanes of at least 4 members (excludes halogenated alkanes) is 1. The number of hydrogen-bond donors (Lipinski definition) is 2. The molecule has 172 valence electrons. The number of hydrogen-bond acceptors (Lipinski definition) is 5. The molecular weight excluding hydrogens is 406 g/mol. The van der Waals surface area contributed by atoms with Crippen LogP contribution in [0.15, 0.2) is 29.3 Å². The molecule has 0 spiro atoms. The molecule has 0 radical (unpaired) electrons. The van der Waals surface area contributed by atoms with Crippen molar-refractivity contribution in [3.05, 3.63) is 46.1 Å². The Bertz CT molecular complexity index is 1150. The lowest BCUT2D eigenvalue weighted by Crippen LogP contribution is -2.36. The van der Waals surface area contributed by atoms with Gasteiger partial charge in [0.1, 0.15) is 17.0 Å². The van der Waals surface area contributed by atoms with Gasteiger partial charge in [0.2, 0.25) is 0 Å². The number of aryl methyl sites for hydroxylation is 2. The number of likely N-dealkylation sites (N-methyl/N-ethyl adjacent to an activating group) is 2. The average Bonchev–Trinajstić information content (AvgIpc) is 3.20. The van der Waals surface area contributed by atoms with Crippen LogP contribution in [-0.4, -0.2) is 59.1 Å². The van der Waals surface area contributed by atoms with Crippen molar-refractivity contribution in [2.24, 2.45) is 0 Å². The molecule has 0 saturated heterocycles. The van der Waals surface area contributed by atoms with E-state index in [1.54, 1.807) is 28.8 Å². The van der Waals surface area contributed by atoms with E-state index in [4.69, 9.17) is 4.74 Å². The highest BCUT2D eigenvalue weighted by Gasteiger charge is 2.20. The number of amides is 1. The van der Waals surface area contributed by atoms with Gasteiger partial charge in [0.25, 0.3) is 11.5 Å². The second kappa shape index (κ2) is 10.5. The number of carbonyl (C=O) groups is 1. The number of aromatic amines is 1. The van der Waals surface area contributed by atoms with Crippen LogP contribution in [0.1, 0.15) is 42.7 Å². The zero-order chi connectivity index (χ0) is 23.3. The minimum atomic E-state index is -0.0874. The van der Waals surface area contributed by atoms with Crippen LogP contribution in [-0.2, 0) is 6.54 Å². The number of carbonyl (C=O) groups excluding carboxylic acids is 1. The Morgan fingerprint density at radius 2 is 2.09 bits per heavy atom. The van der Waals surface area contributed by atoms with Crippen LogP contribution in [0.25, 0.3) is 22.2 Å². The van der Waals surface area contributed by atoms with Gasteiger partial charge in [-0.3, -0.25) is 14.6 Å². The molecule has 0 aliphatic heterocycles. The third kappa shape index (κ3) is 4.70. The molecule has 8 nitrogen and oxygen atoms in total. The number of rotatable bonds is 10. The van der Waals surface area contributed by atoms with E-state index in [1.165, 1.54) is 0 Å². The van der Waals surface area contributed by atoms with Crippen LogP contribution >= 0.6 is 0 Å². The number of ether oxygens (including phenoxy) is 1. The van der Waals surface area contributed by atoms with Crippen molar-refractivity contribution in [1.29, 1.82) is 0 Å². The second-order valence-corrected chi connectivity index (χ2v) is 7.90. The van der Waals surface area contributed by atoms with E-state index in [-0.39, 0.29) is 11.5 Å². The number of nitrogens with zero attached hydrogens (tertiary/aromatic N) is 3. The highest BCUT2D eigenvalue weighted by molar-refractivity contribution is 5.98. The van der Waals surface area contributed by atoms with E-state index in [9.17, 15) is 9.59 Å². The number of nitrogens with one attached hydrogen (secondary N) is 2. The topological polar surface area (TPSA) is 92.2 Å². The molecule has 0 saturated carbocycles. The number of fused-ring (bicyclic) bond motifs is 1. The largest absolute Gasteiger partial charge is 0.494 e. The van der Waals surface area contributed by atoms with Gasteiger partial charge in [0.15, 0.2) is 0 Å². The fourth-order valence-electron chi connectivity index (χ4n) is 3.83. The van der Waals surface area contributed by atoms with Gasteiger partial charge < -0.3 is 24.5 Å². The fraction of sp³-hybridized carbons (Fsp3) is 0.458. The van der Waals surface area contributed by atoms with E-state index < -0.39 is 0 Å². The van der Waals surface area contributed by atoms with Crippen LogP contribution in [0.2, 0.25) is 0 Å². The summed E-state index contributed by atoms with van der Waals surface area (Å²) < 4.78 is 7.38. The van der Waals surface area contributed by atoms with Crippen LogP contribution in [0, 0.1) is 6.92 Å². The lowest BCUT2D eigenvalue weighted by molar-refractivity contribution is 0.0765. The molecule has 0 fully saturated rings. The first kappa shape index (κ1) is 23.5. The van der Waals surface area contributed by atoms with Crippen LogP contribution in [0.4, 0.5) is 0 Å². The maximum Gasteiger partial charge on any atom is 0.274 e. The number of methoxy groups -OCH3 is 1. The van der Waals surface area contributed by atoms with Crippen molar-refractivity contribution in [2.75, 3.05) is 33.8 Å². The van der Waals surface area contributed by atoms with Gasteiger partial charge in [-0.25, -0.2) is 0 Å². The molecule has 3 aromatic heterocycles. The zero-order valence-electron chi connectivity index (χ0n) is 19.6. The SMILES string of the molecule is CCCCn1cc(-c2ncc(C(=O)N(CC)CCNC)cc2OC)c2cc(C)[nH]c2c1=O. The number of aromatic nitrogens is 3. The summed E-state index contributed by atoms with van der Waals surface area (Å²) in [7, 11) is 3.43. The Morgan fingerprint density at radius 3 is 2.75 bits per heavy atom. The third-order valence-corrected chi connectivity index (χ3v) is 5.63. The lowest BCUT2D eigenvalue weighted by Gasteiger charge is -2.21. The quantitative estimate of drug-likeness (QED) is 0.506. The molecule has 0 aromatic carbocycles. The average molecular weight is 440 g/mol. The molecule has 1 amide bonds. The van der Waals surface area contributed by atoms with Gasteiger partial charge in [-0.15, -0.1) is 0 Å². The van der Waals surface area contributed by atoms with E-state index >= 15 is 0 Å². The molecule has 0 bridgehead atoms. The molecule has 8 heteroatoms. The normalized spacial score (nSPS) is 11.2. The van der Waals surface area contributed by atoms with E-state index in [1.807, 2.05) is 33.2 Å². The summed E-state index contributed by atoms with van der Waals surface area (Å²) in [5.41, 5.74) is 3.31. The molecule has 3 rings (SSSR count). The Labute approximate surface area is 188 Å². The minimum Gasteiger partial charge on any atom is -0.494 e. The van der Waals surface area contributed by atoms with Gasteiger partial charge in [-0.05, 0) is 39.4 Å². The molecule has 2 N–H and O–H groups in total. The molecule has 3 heterocycles. The minimum absolute atomic E-state index is 0.0424. The van der Waals surface area contributed by atoms with Gasteiger partial charge in [-0.1, -0.05) is 13.3 Å². The van der Waals surface area contributed by atoms with Crippen molar-refractivity contribution in [1.82, 2.24) is 24.8 Å². The molecule has 0 atom stereocenters. The van der Waals surface area contributed by atoms with Crippen molar-refractivity contribution < 1.29 is 9.53 Å². The Kier molecular flexibility index (Phi) is 7.69. The summed E-state index contributed by atoms with van der Waals surface area (Å²) in [5, 5.41) is 3.87. The molecule has 0 aliphatic rings. The predicted molar refractivity (Wildman–Crippen MR) is 127 cm³/mol. The van der Waals surface area contributed by atoms with E-state index in [0.29, 0.717) is 48.7 Å². The van der Waals surface area contributed by atoms with Crippen molar-refractivity contribution in [2.45, 2.75) is 40.2 Å². The maximum atomic E-state index is 13.0. The molecule has 3 aromatic rings. The second-order valence-electron chi connectivity index (χ2n) is 7.90. The molecular formula is C24H33N5O3. The standard InChI is InChI=1S/C24H33N5O3/c1-6-8-10-29-15-19(18-12-16(3)27-22(18)24(29)31)21-20(32-5)13-17(14-26-21)23(30)28(7-2)11-9-25-4/h12-15,25,27H,6-11H2,1-5H3. The van der Waals surface area contributed by atoms with Crippen LogP contribution < -0.4 is 15.6 Å². The van der Waals surface area contributed by atoms with Crippen LogP contribution in [0.5, 0.6) is 5.75 Å². The van der Waals surface area contributed by atoms with Crippen molar-refractivity contribution >= 4 is 16.8 Å². The highest BCUT2D eigenvalue weighted by atomic mass is 16.5. The first-order chi connectivity index (χ1) is 15.4. The zero-order valence-corrected chi connectivity index (χ0v) is 19.6. The highest BCUT2D eigenvalue weighted by Crippen LogP contribution is 2.33. The molecule has 0 unspecified atom stereocenters. The molecule has 32 heavy (non-hydrogen) atoms. The maximum absolute atomic E-state index is 13.0. The summed E-state index contributed by atoms with van der Waals surface area (Å²) in [6, 6.07) is 3.69. The Morgan fingerprint density at radius 1 is 1.31 bits per heavy atom. The Balaban J connectivity index is 2.10. The van der Waals surface area contributed by atoms with Gasteiger partial charge in [0, 0.05) is 55.2 Å². The molecule has 0 aliphatic carbocycles. The lowest BCUT2D eigenvalue weighted by atomic mass is 10.1. The number of pyridine rings is 2. The first-order valence-corrected chi connectivity index (χ1v) is 11.2. The van der Waals surface area contributed by atoms with Crippen molar-refractivity contribution in [3.63, 3.8) is 0 Å². The van der Waals surface area contributed by atoms with E-state index in [2.05, 4.69) is 22.2 Å². The van der Waals surface area contributed by atoms with Gasteiger partial charge >= 0.3 is 0 Å². The summed E-state index contributed by atoms with van der Waals surface area (Å²) in [4.78, 5) is 35.5. The predicted octanol–water partition coefficient (Wildman–Crippen LogP) is 3.19. The van der Waals surface area contributed by atoms with Gasteiger partial charge in [-0.2, -0.15) is 0 Å². The number of H-pyrrole nitrogens is 1. The summed E-state index contributed by atoms with van der Waals surface area (Å²) in [6.07, 6.45) is 5.34. The first-order valence-electron chi connectivity index (χ1n) is 11.2. The Hall–Kier alpha value is -3.13. The summed E-state index contributed by atoms with van der Waals surface area (Å²) >= 11 is 0. The van der Waals surface area contributed by atoms with Crippen LogP contribution in [0.3, 0.4) is 0 Å². The summed E-state index contributed by atoms with van der Waals surface area (Å²) in [6.45, 7) is 8.55. The van der Waals surface area contributed by atoms with Gasteiger partial charge in [0.05, 0.1) is 12.7 Å². The van der Waals surface area contributed by atoms with E-state index in [0.717, 1.165) is 29.5 Å². The smallest absolute Gasteiger partial charge is 0.274 e. The third-order valence-electron chi connectivity index (χ3n) is 5.63. The fourth-order valence-corrected chi connectivity index (χ4v) is 3.83.